The van der Waals surface area contributed by atoms with Crippen LogP contribution in [0.5, 0.6) is 5.75 Å². The Kier molecular flexibility index (Phi) is 6.05. The van der Waals surface area contributed by atoms with Gasteiger partial charge >= 0.3 is 0 Å². The lowest BCUT2D eigenvalue weighted by Crippen LogP contribution is -2.41. The number of hydrogen-bond donors (Lipinski definition) is 2. The molecule has 1 atom stereocenters. The number of amides is 1. The fourth-order valence-electron chi connectivity index (χ4n) is 2.72. The molecule has 0 aliphatic carbocycles. The van der Waals surface area contributed by atoms with Gasteiger partial charge in [-0.15, -0.1) is 0 Å². The Bertz CT molecular complexity index is 883. The maximum absolute atomic E-state index is 12.5. The van der Waals surface area contributed by atoms with Crippen LogP contribution in [0.15, 0.2) is 41.3 Å². The van der Waals surface area contributed by atoms with Gasteiger partial charge in [-0.05, 0) is 63.1 Å². The molecule has 2 aromatic rings. The van der Waals surface area contributed by atoms with Crippen LogP contribution in [0.1, 0.15) is 23.6 Å². The maximum Gasteiger partial charge on any atom is 0.242 e. The van der Waals surface area contributed by atoms with E-state index >= 15 is 0 Å². The van der Waals surface area contributed by atoms with Crippen molar-refractivity contribution in [1.29, 1.82) is 0 Å². The van der Waals surface area contributed by atoms with E-state index in [1.165, 1.54) is 26.2 Å². The van der Waals surface area contributed by atoms with Gasteiger partial charge in [0.1, 0.15) is 5.75 Å². The molecule has 1 unspecified atom stereocenters. The van der Waals surface area contributed by atoms with Gasteiger partial charge in [-0.25, -0.2) is 8.42 Å². The fourth-order valence-corrected chi connectivity index (χ4v) is 3.92. The van der Waals surface area contributed by atoms with E-state index in [0.29, 0.717) is 11.4 Å². The molecular weight excluding hydrogens is 352 g/mol. The van der Waals surface area contributed by atoms with Crippen molar-refractivity contribution >= 4 is 21.6 Å². The van der Waals surface area contributed by atoms with Gasteiger partial charge in [0, 0.05) is 5.69 Å². The third kappa shape index (κ3) is 4.62. The molecule has 2 N–H and O–H groups in total. The molecule has 0 saturated carbocycles. The minimum atomic E-state index is -3.82. The molecule has 0 saturated heterocycles. The van der Waals surface area contributed by atoms with Crippen molar-refractivity contribution < 1.29 is 17.9 Å². The summed E-state index contributed by atoms with van der Waals surface area (Å²) < 4.78 is 32.3. The summed E-state index contributed by atoms with van der Waals surface area (Å²) in [7, 11) is -2.31. The lowest BCUT2D eigenvalue weighted by atomic mass is 10.0. The molecule has 0 fully saturated rings. The maximum atomic E-state index is 12.5. The molecule has 0 aromatic heterocycles. The number of ether oxygens (including phenoxy) is 1. The quantitative estimate of drug-likeness (QED) is 0.812. The van der Waals surface area contributed by atoms with Gasteiger partial charge in [0.2, 0.25) is 15.9 Å². The van der Waals surface area contributed by atoms with E-state index in [4.69, 9.17) is 4.74 Å². The number of nitrogens with one attached hydrogen (secondary N) is 2. The first-order valence-corrected chi connectivity index (χ1v) is 9.67. The largest absolute Gasteiger partial charge is 0.497 e. The number of rotatable bonds is 6. The molecule has 2 rings (SSSR count). The Hall–Kier alpha value is -2.38. The number of aryl methyl sites for hydroxylation is 3. The molecule has 6 nitrogen and oxygen atoms in total. The minimum Gasteiger partial charge on any atom is -0.497 e. The molecule has 0 aliphatic heterocycles. The standard InChI is InChI=1S/C19H24N2O4S/c1-12-10-13(2)18(14(3)11-12)20-19(22)15(4)21-26(23,24)17-8-6-16(25-5)7-9-17/h6-11,15,21H,1-5H3,(H,20,22). The van der Waals surface area contributed by atoms with Crippen LogP contribution in [-0.4, -0.2) is 27.5 Å². The van der Waals surface area contributed by atoms with Crippen LogP contribution in [-0.2, 0) is 14.8 Å². The summed E-state index contributed by atoms with van der Waals surface area (Å²) in [5.41, 5.74) is 3.67. The van der Waals surface area contributed by atoms with Gasteiger partial charge in [0.05, 0.1) is 18.0 Å². The first-order valence-electron chi connectivity index (χ1n) is 8.19. The van der Waals surface area contributed by atoms with Crippen LogP contribution in [0.25, 0.3) is 0 Å². The Balaban J connectivity index is 2.13. The van der Waals surface area contributed by atoms with E-state index in [-0.39, 0.29) is 4.90 Å². The predicted molar refractivity (Wildman–Crippen MR) is 102 cm³/mol. The summed E-state index contributed by atoms with van der Waals surface area (Å²) in [6, 6.07) is 8.97. The molecule has 0 spiro atoms. The number of hydrogen-bond acceptors (Lipinski definition) is 4. The zero-order valence-corrected chi connectivity index (χ0v) is 16.4. The predicted octanol–water partition coefficient (Wildman–Crippen LogP) is 2.93. The van der Waals surface area contributed by atoms with Crippen molar-refractivity contribution in [2.45, 2.75) is 38.6 Å². The smallest absolute Gasteiger partial charge is 0.242 e. The van der Waals surface area contributed by atoms with E-state index in [9.17, 15) is 13.2 Å². The Labute approximate surface area is 154 Å². The second kappa shape index (κ2) is 7.88. The molecule has 26 heavy (non-hydrogen) atoms. The van der Waals surface area contributed by atoms with Crippen molar-refractivity contribution in [3.63, 3.8) is 0 Å². The van der Waals surface area contributed by atoms with Crippen molar-refractivity contribution in [1.82, 2.24) is 4.72 Å². The summed E-state index contributed by atoms with van der Waals surface area (Å²) in [6.45, 7) is 7.30. The zero-order chi connectivity index (χ0) is 19.5. The highest BCUT2D eigenvalue weighted by molar-refractivity contribution is 7.89. The molecule has 0 aliphatic rings. The van der Waals surface area contributed by atoms with Gasteiger partial charge in [0.15, 0.2) is 0 Å². The minimum absolute atomic E-state index is 0.0700. The van der Waals surface area contributed by atoms with E-state index < -0.39 is 22.0 Å². The molecular formula is C19H24N2O4S. The zero-order valence-electron chi connectivity index (χ0n) is 15.6. The highest BCUT2D eigenvalue weighted by Crippen LogP contribution is 2.22. The van der Waals surface area contributed by atoms with Crippen molar-refractivity contribution in [2.75, 3.05) is 12.4 Å². The molecule has 2 aromatic carbocycles. The summed E-state index contributed by atoms with van der Waals surface area (Å²) in [5, 5.41) is 2.81. The second-order valence-corrected chi connectivity index (χ2v) is 8.00. The summed E-state index contributed by atoms with van der Waals surface area (Å²) >= 11 is 0. The summed E-state index contributed by atoms with van der Waals surface area (Å²) in [6.07, 6.45) is 0. The highest BCUT2D eigenvalue weighted by Gasteiger charge is 2.23. The lowest BCUT2D eigenvalue weighted by Gasteiger charge is -2.17. The van der Waals surface area contributed by atoms with Crippen LogP contribution in [0.4, 0.5) is 5.69 Å². The van der Waals surface area contributed by atoms with Crippen LogP contribution in [0, 0.1) is 20.8 Å². The molecule has 7 heteroatoms. The van der Waals surface area contributed by atoms with Gasteiger partial charge in [-0.2, -0.15) is 4.72 Å². The van der Waals surface area contributed by atoms with E-state index in [1.54, 1.807) is 12.1 Å². The number of carbonyl (C=O) groups is 1. The van der Waals surface area contributed by atoms with Gasteiger partial charge in [0.25, 0.3) is 0 Å². The van der Waals surface area contributed by atoms with E-state index in [2.05, 4.69) is 10.0 Å². The number of methoxy groups -OCH3 is 1. The number of carbonyl (C=O) groups excluding carboxylic acids is 1. The van der Waals surface area contributed by atoms with Crippen LogP contribution in [0.3, 0.4) is 0 Å². The Morgan fingerprint density at radius 2 is 1.58 bits per heavy atom. The van der Waals surface area contributed by atoms with Crippen molar-refractivity contribution in [2.24, 2.45) is 0 Å². The van der Waals surface area contributed by atoms with Crippen LogP contribution in [0.2, 0.25) is 0 Å². The van der Waals surface area contributed by atoms with Crippen molar-refractivity contribution in [3.05, 3.63) is 53.1 Å². The lowest BCUT2D eigenvalue weighted by molar-refractivity contribution is -0.117. The molecule has 0 heterocycles. The Morgan fingerprint density at radius 1 is 1.04 bits per heavy atom. The normalized spacial score (nSPS) is 12.5. The van der Waals surface area contributed by atoms with Gasteiger partial charge in [-0.1, -0.05) is 17.7 Å². The molecule has 0 radical (unpaired) electrons. The van der Waals surface area contributed by atoms with Gasteiger partial charge in [-0.3, -0.25) is 4.79 Å². The third-order valence-electron chi connectivity index (χ3n) is 4.02. The monoisotopic (exact) mass is 376 g/mol. The first kappa shape index (κ1) is 19.9. The first-order chi connectivity index (χ1) is 12.1. The fraction of sp³-hybridized carbons (Fsp3) is 0.316. The van der Waals surface area contributed by atoms with Gasteiger partial charge < -0.3 is 10.1 Å². The number of anilines is 1. The molecule has 140 valence electrons. The van der Waals surface area contributed by atoms with E-state index in [1.807, 2.05) is 32.9 Å². The SMILES string of the molecule is COc1ccc(S(=O)(=O)NC(C)C(=O)Nc2c(C)cc(C)cc2C)cc1. The van der Waals surface area contributed by atoms with Crippen LogP contribution < -0.4 is 14.8 Å². The third-order valence-corrected chi connectivity index (χ3v) is 5.58. The average molecular weight is 376 g/mol. The Morgan fingerprint density at radius 3 is 2.08 bits per heavy atom. The topological polar surface area (TPSA) is 84.5 Å². The summed E-state index contributed by atoms with van der Waals surface area (Å²) in [5.74, 6) is 0.136. The average Bonchev–Trinajstić information content (AvgIpc) is 2.57. The summed E-state index contributed by atoms with van der Waals surface area (Å²) in [4.78, 5) is 12.5. The highest BCUT2D eigenvalue weighted by atomic mass is 32.2. The van der Waals surface area contributed by atoms with Crippen molar-refractivity contribution in [3.8, 4) is 5.75 Å². The molecule has 0 bridgehead atoms. The molecule has 1 amide bonds. The second-order valence-electron chi connectivity index (χ2n) is 6.28. The number of sulfonamides is 1. The number of benzene rings is 2. The van der Waals surface area contributed by atoms with Crippen LogP contribution >= 0.6 is 0 Å². The van der Waals surface area contributed by atoms with E-state index in [0.717, 1.165) is 16.7 Å².